The zero-order valence-corrected chi connectivity index (χ0v) is 15.2. The number of hydrogen-bond acceptors (Lipinski definition) is 3. The number of ether oxygens (including phenoxy) is 1. The molecule has 3 rings (SSSR count). The number of nitrogens with two attached hydrogens (primary N) is 1. The molecule has 1 amide bonds. The van der Waals surface area contributed by atoms with Gasteiger partial charge in [0.25, 0.3) is 0 Å². The van der Waals surface area contributed by atoms with Crippen LogP contribution in [-0.4, -0.2) is 10.9 Å². The van der Waals surface area contributed by atoms with Crippen molar-refractivity contribution in [1.82, 2.24) is 4.98 Å². The third kappa shape index (κ3) is 3.75. The van der Waals surface area contributed by atoms with Crippen LogP contribution in [0, 0.1) is 20.8 Å². The van der Waals surface area contributed by atoms with Crippen LogP contribution in [0.3, 0.4) is 0 Å². The van der Waals surface area contributed by atoms with E-state index in [1.54, 1.807) is 12.3 Å². The van der Waals surface area contributed by atoms with Gasteiger partial charge in [-0.1, -0.05) is 18.2 Å². The Morgan fingerprint density at radius 1 is 1.04 bits per heavy atom. The third-order valence-corrected chi connectivity index (χ3v) is 4.56. The summed E-state index contributed by atoms with van der Waals surface area (Å²) in [5.41, 5.74) is 11.9. The summed E-state index contributed by atoms with van der Waals surface area (Å²) in [5.74, 6) is 0.475. The van der Waals surface area contributed by atoms with Crippen molar-refractivity contribution in [2.75, 3.05) is 0 Å². The third-order valence-electron chi connectivity index (χ3n) is 4.56. The van der Waals surface area contributed by atoms with E-state index in [1.165, 1.54) is 5.56 Å². The molecular weight excluding hydrogens is 324 g/mol. The molecule has 0 aliphatic rings. The number of hydrogen-bond donors (Lipinski definition) is 1. The van der Waals surface area contributed by atoms with Gasteiger partial charge in [0.1, 0.15) is 12.4 Å². The molecule has 0 radical (unpaired) electrons. The zero-order valence-electron chi connectivity index (χ0n) is 15.2. The van der Waals surface area contributed by atoms with Crippen molar-refractivity contribution in [2.24, 2.45) is 5.73 Å². The largest absolute Gasteiger partial charge is 0.489 e. The summed E-state index contributed by atoms with van der Waals surface area (Å²) < 4.78 is 5.98. The number of carbonyl (C=O) groups is 1. The second-order valence-electron chi connectivity index (χ2n) is 6.43. The lowest BCUT2D eigenvalue weighted by Crippen LogP contribution is -2.12. The number of amides is 1. The SMILES string of the molecule is Cc1cc(-c2cc(COc3cccc(C)c3C)ccn2)ccc1C(N)=O. The van der Waals surface area contributed by atoms with E-state index in [4.69, 9.17) is 10.5 Å². The number of primary amides is 1. The summed E-state index contributed by atoms with van der Waals surface area (Å²) in [7, 11) is 0. The van der Waals surface area contributed by atoms with Gasteiger partial charge >= 0.3 is 0 Å². The molecule has 0 saturated carbocycles. The topological polar surface area (TPSA) is 65.2 Å². The second kappa shape index (κ2) is 7.40. The first-order valence-corrected chi connectivity index (χ1v) is 8.50. The molecule has 0 saturated heterocycles. The highest BCUT2D eigenvalue weighted by atomic mass is 16.5. The van der Waals surface area contributed by atoms with Crippen molar-refractivity contribution >= 4 is 5.91 Å². The number of carbonyl (C=O) groups excluding carboxylic acids is 1. The molecule has 2 N–H and O–H groups in total. The Labute approximate surface area is 153 Å². The van der Waals surface area contributed by atoms with Crippen molar-refractivity contribution in [2.45, 2.75) is 27.4 Å². The molecule has 132 valence electrons. The highest BCUT2D eigenvalue weighted by Gasteiger charge is 2.08. The number of nitrogens with zero attached hydrogens (tertiary/aromatic N) is 1. The van der Waals surface area contributed by atoms with Crippen LogP contribution >= 0.6 is 0 Å². The van der Waals surface area contributed by atoms with Gasteiger partial charge in [0, 0.05) is 17.3 Å². The normalized spacial score (nSPS) is 10.6. The Kier molecular flexibility index (Phi) is 5.03. The Bertz CT molecular complexity index is 964. The minimum atomic E-state index is -0.419. The fraction of sp³-hybridized carbons (Fsp3) is 0.182. The molecule has 0 aliphatic heterocycles. The molecule has 0 atom stereocenters. The fourth-order valence-corrected chi connectivity index (χ4v) is 2.86. The highest BCUT2D eigenvalue weighted by Crippen LogP contribution is 2.24. The van der Waals surface area contributed by atoms with Crippen LogP contribution in [-0.2, 0) is 6.61 Å². The van der Waals surface area contributed by atoms with Crippen molar-refractivity contribution in [3.8, 4) is 17.0 Å². The summed E-state index contributed by atoms with van der Waals surface area (Å²) in [5, 5.41) is 0. The van der Waals surface area contributed by atoms with Gasteiger partial charge in [-0.15, -0.1) is 0 Å². The maximum Gasteiger partial charge on any atom is 0.248 e. The standard InChI is InChI=1S/C22H22N2O2/c1-14-5-4-6-21(16(14)3)26-13-17-9-10-24-20(12-17)18-7-8-19(22(23)25)15(2)11-18/h4-12H,13H2,1-3H3,(H2,23,25). The lowest BCUT2D eigenvalue weighted by molar-refractivity contribution is 0.0999. The van der Waals surface area contributed by atoms with Gasteiger partial charge in [0.05, 0.1) is 5.69 Å². The number of aromatic nitrogens is 1. The number of benzene rings is 2. The Morgan fingerprint density at radius 2 is 1.85 bits per heavy atom. The van der Waals surface area contributed by atoms with E-state index in [9.17, 15) is 4.79 Å². The summed E-state index contributed by atoms with van der Waals surface area (Å²) in [4.78, 5) is 15.8. The first kappa shape index (κ1) is 17.7. The molecule has 1 aromatic heterocycles. The fourth-order valence-electron chi connectivity index (χ4n) is 2.86. The van der Waals surface area contributed by atoms with E-state index in [0.29, 0.717) is 12.2 Å². The summed E-state index contributed by atoms with van der Waals surface area (Å²) >= 11 is 0. The van der Waals surface area contributed by atoms with Gasteiger partial charge in [-0.2, -0.15) is 0 Å². The lowest BCUT2D eigenvalue weighted by atomic mass is 10.0. The Hall–Kier alpha value is -3.14. The molecule has 4 heteroatoms. The van der Waals surface area contributed by atoms with Crippen molar-refractivity contribution in [3.63, 3.8) is 0 Å². The predicted molar refractivity (Wildman–Crippen MR) is 103 cm³/mol. The average Bonchev–Trinajstić information content (AvgIpc) is 2.63. The zero-order chi connectivity index (χ0) is 18.7. The van der Waals surface area contributed by atoms with Crippen molar-refractivity contribution in [1.29, 1.82) is 0 Å². The maximum absolute atomic E-state index is 11.4. The smallest absolute Gasteiger partial charge is 0.248 e. The van der Waals surface area contributed by atoms with Gasteiger partial charge in [0.2, 0.25) is 5.91 Å². The van der Waals surface area contributed by atoms with Crippen LogP contribution in [0.2, 0.25) is 0 Å². The van der Waals surface area contributed by atoms with Crippen LogP contribution < -0.4 is 10.5 Å². The lowest BCUT2D eigenvalue weighted by Gasteiger charge is -2.12. The van der Waals surface area contributed by atoms with E-state index in [2.05, 4.69) is 24.9 Å². The van der Waals surface area contributed by atoms with Crippen LogP contribution in [0.25, 0.3) is 11.3 Å². The minimum Gasteiger partial charge on any atom is -0.489 e. The maximum atomic E-state index is 11.4. The van der Waals surface area contributed by atoms with Gasteiger partial charge in [0.15, 0.2) is 0 Å². The molecular formula is C22H22N2O2. The molecule has 0 aliphatic carbocycles. The number of pyridine rings is 1. The van der Waals surface area contributed by atoms with Crippen LogP contribution in [0.4, 0.5) is 0 Å². The average molecular weight is 346 g/mol. The quantitative estimate of drug-likeness (QED) is 0.747. The van der Waals surface area contributed by atoms with E-state index in [-0.39, 0.29) is 0 Å². The van der Waals surface area contributed by atoms with Gasteiger partial charge in [-0.05, 0) is 73.4 Å². The summed E-state index contributed by atoms with van der Waals surface area (Å²) in [6, 6.07) is 15.5. The van der Waals surface area contributed by atoms with Crippen molar-refractivity contribution < 1.29 is 9.53 Å². The highest BCUT2D eigenvalue weighted by molar-refractivity contribution is 5.94. The molecule has 0 fully saturated rings. The molecule has 2 aromatic carbocycles. The monoisotopic (exact) mass is 346 g/mol. The Balaban J connectivity index is 1.81. The van der Waals surface area contributed by atoms with Gasteiger partial charge in [-0.25, -0.2) is 0 Å². The number of rotatable bonds is 5. The van der Waals surface area contributed by atoms with E-state index in [1.807, 2.05) is 43.3 Å². The summed E-state index contributed by atoms with van der Waals surface area (Å²) in [6.07, 6.45) is 1.77. The minimum absolute atomic E-state index is 0.419. The van der Waals surface area contributed by atoms with Crippen molar-refractivity contribution in [3.05, 3.63) is 82.5 Å². The first-order valence-electron chi connectivity index (χ1n) is 8.50. The van der Waals surface area contributed by atoms with E-state index >= 15 is 0 Å². The molecule has 1 heterocycles. The molecule has 26 heavy (non-hydrogen) atoms. The summed E-state index contributed by atoms with van der Waals surface area (Å²) in [6.45, 7) is 6.48. The predicted octanol–water partition coefficient (Wildman–Crippen LogP) is 4.35. The molecule has 4 nitrogen and oxygen atoms in total. The molecule has 3 aromatic rings. The van der Waals surface area contributed by atoms with Gasteiger partial charge < -0.3 is 10.5 Å². The Morgan fingerprint density at radius 3 is 2.58 bits per heavy atom. The molecule has 0 spiro atoms. The molecule has 0 bridgehead atoms. The number of aryl methyl sites for hydroxylation is 2. The van der Waals surface area contributed by atoms with Crippen LogP contribution in [0.1, 0.15) is 32.6 Å². The van der Waals surface area contributed by atoms with E-state index in [0.717, 1.165) is 33.7 Å². The van der Waals surface area contributed by atoms with E-state index < -0.39 is 5.91 Å². The van der Waals surface area contributed by atoms with Gasteiger partial charge in [-0.3, -0.25) is 9.78 Å². The first-order chi connectivity index (χ1) is 12.5. The molecule has 0 unspecified atom stereocenters. The van der Waals surface area contributed by atoms with Crippen LogP contribution in [0.15, 0.2) is 54.7 Å². The van der Waals surface area contributed by atoms with Crippen LogP contribution in [0.5, 0.6) is 5.75 Å². The second-order valence-corrected chi connectivity index (χ2v) is 6.43.